The van der Waals surface area contributed by atoms with E-state index in [1.54, 1.807) is 36.6 Å². The molecule has 1 aromatic heterocycles. The van der Waals surface area contributed by atoms with Gasteiger partial charge in [-0.05, 0) is 48.2 Å². The minimum Gasteiger partial charge on any atom is -0.506 e. The molecule has 158 valence electrons. The van der Waals surface area contributed by atoms with Crippen molar-refractivity contribution in [3.63, 3.8) is 0 Å². The number of para-hydroxylation sites is 2. The Kier molecular flexibility index (Phi) is 6.74. The second kappa shape index (κ2) is 9.45. The normalized spacial score (nSPS) is 13.2. The van der Waals surface area contributed by atoms with Crippen LogP contribution in [0.5, 0.6) is 5.75 Å². The lowest BCUT2D eigenvalue weighted by atomic mass is 9.99. The fourth-order valence-corrected chi connectivity index (χ4v) is 3.32. The topological polar surface area (TPSA) is 101 Å². The Hall–Kier alpha value is -3.32. The standard InChI is InChI=1S/C23H26N2O5/c1-14(2)12-18(23(28)29-3)24-21(16-8-9-20-15(13-16)10-11-30-20)22(27)25-17-6-4-5-7-19(17)26/h4-11,13-14,18,21,24,26H,12H2,1-3H3,(H,25,27)/t18-,21-/m1/s1. The van der Waals surface area contributed by atoms with Crippen LogP contribution in [0.4, 0.5) is 5.69 Å². The Labute approximate surface area is 175 Å². The zero-order valence-corrected chi connectivity index (χ0v) is 17.2. The van der Waals surface area contributed by atoms with Gasteiger partial charge in [0, 0.05) is 5.39 Å². The van der Waals surface area contributed by atoms with Crippen LogP contribution in [-0.2, 0) is 14.3 Å². The van der Waals surface area contributed by atoms with E-state index in [4.69, 9.17) is 9.15 Å². The van der Waals surface area contributed by atoms with Crippen LogP contribution in [-0.4, -0.2) is 30.1 Å². The maximum absolute atomic E-state index is 13.2. The highest BCUT2D eigenvalue weighted by Crippen LogP contribution is 2.26. The molecule has 7 heteroatoms. The van der Waals surface area contributed by atoms with E-state index in [1.807, 2.05) is 26.0 Å². The summed E-state index contributed by atoms with van der Waals surface area (Å²) in [5.74, 6) is -0.674. The summed E-state index contributed by atoms with van der Waals surface area (Å²) in [5, 5.41) is 16.8. The van der Waals surface area contributed by atoms with Crippen molar-refractivity contribution in [2.24, 2.45) is 5.92 Å². The predicted molar refractivity (Wildman–Crippen MR) is 114 cm³/mol. The third-order valence-corrected chi connectivity index (χ3v) is 4.79. The van der Waals surface area contributed by atoms with E-state index in [0.29, 0.717) is 17.6 Å². The Bertz CT molecular complexity index is 1030. The number of amides is 1. The van der Waals surface area contributed by atoms with Gasteiger partial charge >= 0.3 is 5.97 Å². The molecule has 0 aliphatic heterocycles. The minimum absolute atomic E-state index is 0.0402. The van der Waals surface area contributed by atoms with Crippen molar-refractivity contribution in [1.29, 1.82) is 0 Å². The van der Waals surface area contributed by atoms with Gasteiger partial charge in [-0.3, -0.25) is 14.9 Å². The maximum Gasteiger partial charge on any atom is 0.322 e. The molecule has 2 aromatic carbocycles. The van der Waals surface area contributed by atoms with Gasteiger partial charge in [0.05, 0.1) is 19.1 Å². The van der Waals surface area contributed by atoms with Crippen LogP contribution in [0.15, 0.2) is 59.2 Å². The number of ether oxygens (including phenoxy) is 1. The van der Waals surface area contributed by atoms with Crippen LogP contribution in [0.25, 0.3) is 11.0 Å². The molecule has 30 heavy (non-hydrogen) atoms. The summed E-state index contributed by atoms with van der Waals surface area (Å²) in [6.07, 6.45) is 2.08. The van der Waals surface area contributed by atoms with Gasteiger partial charge in [-0.2, -0.15) is 0 Å². The summed E-state index contributed by atoms with van der Waals surface area (Å²) < 4.78 is 10.3. The number of phenols is 1. The molecule has 0 saturated carbocycles. The summed E-state index contributed by atoms with van der Waals surface area (Å²) in [7, 11) is 1.33. The van der Waals surface area contributed by atoms with Gasteiger partial charge < -0.3 is 19.6 Å². The van der Waals surface area contributed by atoms with Crippen molar-refractivity contribution < 1.29 is 23.8 Å². The Morgan fingerprint density at radius 3 is 2.60 bits per heavy atom. The van der Waals surface area contributed by atoms with Gasteiger partial charge in [-0.25, -0.2) is 0 Å². The van der Waals surface area contributed by atoms with Crippen LogP contribution in [0.2, 0.25) is 0 Å². The van der Waals surface area contributed by atoms with Crippen molar-refractivity contribution in [3.05, 3.63) is 60.4 Å². The molecule has 0 saturated heterocycles. The number of phenolic OH excluding ortho intramolecular Hbond substituents is 1. The zero-order valence-electron chi connectivity index (χ0n) is 17.2. The van der Waals surface area contributed by atoms with Crippen LogP contribution >= 0.6 is 0 Å². The van der Waals surface area contributed by atoms with E-state index in [1.165, 1.54) is 13.2 Å². The van der Waals surface area contributed by atoms with Gasteiger partial charge in [-0.1, -0.05) is 32.0 Å². The molecule has 0 fully saturated rings. The van der Waals surface area contributed by atoms with Crippen LogP contribution in [0.3, 0.4) is 0 Å². The smallest absolute Gasteiger partial charge is 0.322 e. The number of rotatable bonds is 8. The maximum atomic E-state index is 13.2. The molecule has 0 spiro atoms. The number of hydrogen-bond acceptors (Lipinski definition) is 6. The molecule has 3 aromatic rings. The molecule has 7 nitrogen and oxygen atoms in total. The number of aromatic hydroxyl groups is 1. The summed E-state index contributed by atoms with van der Waals surface area (Å²) in [6, 6.07) is 12.2. The first-order valence-electron chi connectivity index (χ1n) is 9.79. The molecule has 1 heterocycles. The first kappa shape index (κ1) is 21.4. The molecule has 0 unspecified atom stereocenters. The highest BCUT2D eigenvalue weighted by molar-refractivity contribution is 5.97. The van der Waals surface area contributed by atoms with E-state index in [9.17, 15) is 14.7 Å². The molecular weight excluding hydrogens is 384 g/mol. The second-order valence-electron chi connectivity index (χ2n) is 7.53. The van der Waals surface area contributed by atoms with Gasteiger partial charge in [0.25, 0.3) is 0 Å². The lowest BCUT2D eigenvalue weighted by Crippen LogP contribution is -2.45. The fraction of sp³-hybridized carbons (Fsp3) is 0.304. The number of anilines is 1. The van der Waals surface area contributed by atoms with Crippen molar-refractivity contribution >= 4 is 28.5 Å². The summed E-state index contributed by atoms with van der Waals surface area (Å²) >= 11 is 0. The van der Waals surface area contributed by atoms with Gasteiger partial charge in [0.1, 0.15) is 23.4 Å². The van der Waals surface area contributed by atoms with Crippen LogP contribution in [0, 0.1) is 5.92 Å². The second-order valence-corrected chi connectivity index (χ2v) is 7.53. The van der Waals surface area contributed by atoms with E-state index in [0.717, 1.165) is 5.39 Å². The third-order valence-electron chi connectivity index (χ3n) is 4.79. The van der Waals surface area contributed by atoms with E-state index in [2.05, 4.69) is 10.6 Å². The molecular formula is C23H26N2O5. The summed E-state index contributed by atoms with van der Waals surface area (Å²) in [4.78, 5) is 25.6. The summed E-state index contributed by atoms with van der Waals surface area (Å²) in [5.41, 5.74) is 1.65. The van der Waals surface area contributed by atoms with E-state index >= 15 is 0 Å². The molecule has 3 rings (SSSR count). The van der Waals surface area contributed by atoms with Crippen molar-refractivity contribution in [3.8, 4) is 5.75 Å². The Morgan fingerprint density at radius 1 is 1.13 bits per heavy atom. The molecule has 1 amide bonds. The monoisotopic (exact) mass is 410 g/mol. The predicted octanol–water partition coefficient (Wildman–Crippen LogP) is 4.00. The average Bonchev–Trinajstić information content (AvgIpc) is 3.19. The van der Waals surface area contributed by atoms with Crippen LogP contribution < -0.4 is 10.6 Å². The fourth-order valence-electron chi connectivity index (χ4n) is 3.32. The highest BCUT2D eigenvalue weighted by atomic mass is 16.5. The first-order chi connectivity index (χ1) is 14.4. The van der Waals surface area contributed by atoms with E-state index in [-0.39, 0.29) is 17.4 Å². The van der Waals surface area contributed by atoms with Crippen molar-refractivity contribution in [2.75, 3.05) is 12.4 Å². The van der Waals surface area contributed by atoms with Crippen molar-refractivity contribution in [2.45, 2.75) is 32.4 Å². The quantitative estimate of drug-likeness (QED) is 0.383. The SMILES string of the molecule is COC(=O)[C@@H](CC(C)C)N[C@@H](C(=O)Nc1ccccc1O)c1ccc2occc2c1. The summed E-state index contributed by atoms with van der Waals surface area (Å²) in [6.45, 7) is 3.98. The number of carbonyl (C=O) groups is 2. The van der Waals surface area contributed by atoms with Crippen LogP contribution in [0.1, 0.15) is 31.9 Å². The zero-order chi connectivity index (χ0) is 21.7. The Morgan fingerprint density at radius 2 is 1.90 bits per heavy atom. The highest BCUT2D eigenvalue weighted by Gasteiger charge is 2.29. The molecule has 0 aliphatic carbocycles. The first-order valence-corrected chi connectivity index (χ1v) is 9.79. The Balaban J connectivity index is 1.95. The minimum atomic E-state index is -0.855. The van der Waals surface area contributed by atoms with Gasteiger partial charge in [-0.15, -0.1) is 0 Å². The number of hydrogen-bond donors (Lipinski definition) is 3. The number of esters is 1. The number of fused-ring (bicyclic) bond motifs is 1. The van der Waals surface area contributed by atoms with E-state index < -0.39 is 24.0 Å². The molecule has 0 radical (unpaired) electrons. The molecule has 3 N–H and O–H groups in total. The number of benzene rings is 2. The average molecular weight is 410 g/mol. The van der Waals surface area contributed by atoms with Crippen molar-refractivity contribution in [1.82, 2.24) is 5.32 Å². The molecule has 0 bridgehead atoms. The number of furan rings is 1. The number of methoxy groups -OCH3 is 1. The lowest BCUT2D eigenvalue weighted by molar-refractivity contribution is -0.144. The molecule has 0 aliphatic rings. The largest absolute Gasteiger partial charge is 0.506 e. The van der Waals surface area contributed by atoms with Gasteiger partial charge in [0.15, 0.2) is 0 Å². The number of nitrogens with one attached hydrogen (secondary N) is 2. The third kappa shape index (κ3) is 4.99. The number of carbonyl (C=O) groups excluding carboxylic acids is 2. The molecule has 2 atom stereocenters. The lowest BCUT2D eigenvalue weighted by Gasteiger charge is -2.25. The van der Waals surface area contributed by atoms with Gasteiger partial charge in [0.2, 0.25) is 5.91 Å².